The van der Waals surface area contributed by atoms with Crippen LogP contribution in [-0.2, 0) is 10.1 Å². The summed E-state index contributed by atoms with van der Waals surface area (Å²) < 4.78 is 17.8. The molecule has 14 heavy (non-hydrogen) atoms. The van der Waals surface area contributed by atoms with Gasteiger partial charge in [-0.25, -0.2) is 9.18 Å². The smallest absolute Gasteiger partial charge is 0.338 e. The molecule has 0 N–H and O–H groups in total. The molecular formula is C10H10BrFO2. The van der Waals surface area contributed by atoms with E-state index in [9.17, 15) is 9.18 Å². The molecule has 0 aliphatic carbocycles. The molecule has 1 rings (SSSR count). The van der Waals surface area contributed by atoms with Crippen LogP contribution in [0.5, 0.6) is 0 Å². The van der Waals surface area contributed by atoms with Crippen molar-refractivity contribution in [1.29, 1.82) is 0 Å². The Bertz CT molecular complexity index is 363. The van der Waals surface area contributed by atoms with Gasteiger partial charge in [0, 0.05) is 5.33 Å². The summed E-state index contributed by atoms with van der Waals surface area (Å²) in [5, 5.41) is 0.378. The van der Waals surface area contributed by atoms with Crippen molar-refractivity contribution in [3.05, 3.63) is 34.6 Å². The van der Waals surface area contributed by atoms with Gasteiger partial charge in [-0.2, -0.15) is 0 Å². The molecule has 1 aromatic rings. The van der Waals surface area contributed by atoms with Gasteiger partial charge in [-0.05, 0) is 30.2 Å². The Hall–Kier alpha value is -0.900. The van der Waals surface area contributed by atoms with E-state index in [1.54, 1.807) is 6.92 Å². The Labute approximate surface area is 90.2 Å². The van der Waals surface area contributed by atoms with Crippen LogP contribution in [0.3, 0.4) is 0 Å². The van der Waals surface area contributed by atoms with Gasteiger partial charge in [-0.1, -0.05) is 15.9 Å². The van der Waals surface area contributed by atoms with Crippen LogP contribution < -0.4 is 0 Å². The summed E-state index contributed by atoms with van der Waals surface area (Å²) in [5.74, 6) is -0.753. The highest BCUT2D eigenvalue weighted by molar-refractivity contribution is 9.08. The fourth-order valence-electron chi connectivity index (χ4n) is 1.15. The fraction of sp³-hybridized carbons (Fsp3) is 0.300. The van der Waals surface area contributed by atoms with Gasteiger partial charge in [0.2, 0.25) is 0 Å². The maximum Gasteiger partial charge on any atom is 0.338 e. The number of hydrogen-bond donors (Lipinski definition) is 0. The summed E-state index contributed by atoms with van der Waals surface area (Å²) in [7, 11) is 1.30. The Morgan fingerprint density at radius 1 is 1.57 bits per heavy atom. The topological polar surface area (TPSA) is 26.3 Å². The summed E-state index contributed by atoms with van der Waals surface area (Å²) in [6.45, 7) is 1.67. The van der Waals surface area contributed by atoms with E-state index in [1.165, 1.54) is 19.2 Å². The number of rotatable bonds is 2. The number of hydrogen-bond acceptors (Lipinski definition) is 2. The largest absolute Gasteiger partial charge is 0.465 e. The third kappa shape index (κ3) is 2.12. The molecule has 0 heterocycles. The fourth-order valence-corrected chi connectivity index (χ4v) is 1.58. The summed E-state index contributed by atoms with van der Waals surface area (Å²) >= 11 is 3.15. The SMILES string of the molecule is COC(=O)c1cc(CBr)c(F)cc1C. The zero-order valence-corrected chi connectivity index (χ0v) is 9.52. The second kappa shape index (κ2) is 4.55. The maximum atomic E-state index is 13.2. The van der Waals surface area contributed by atoms with Crippen molar-refractivity contribution in [3.63, 3.8) is 0 Å². The summed E-state index contributed by atoms with van der Waals surface area (Å²) in [5.41, 5.74) is 1.44. The number of esters is 1. The first-order valence-corrected chi connectivity index (χ1v) is 5.15. The molecule has 0 atom stereocenters. The molecule has 0 unspecified atom stereocenters. The number of halogens is 2. The van der Waals surface area contributed by atoms with Gasteiger partial charge in [-0.3, -0.25) is 0 Å². The normalized spacial score (nSPS) is 10.0. The molecule has 0 saturated carbocycles. The first-order chi connectivity index (χ1) is 6.60. The number of carbonyl (C=O) groups is 1. The standard InChI is InChI=1S/C10H10BrFO2/c1-6-3-9(12)7(5-11)4-8(6)10(13)14-2/h3-4H,5H2,1-2H3. The van der Waals surface area contributed by atoms with E-state index in [-0.39, 0.29) is 5.82 Å². The van der Waals surface area contributed by atoms with E-state index in [0.29, 0.717) is 22.0 Å². The Morgan fingerprint density at radius 3 is 2.71 bits per heavy atom. The highest BCUT2D eigenvalue weighted by Gasteiger charge is 2.12. The zero-order chi connectivity index (χ0) is 10.7. The van der Waals surface area contributed by atoms with Crippen LogP contribution in [0.15, 0.2) is 12.1 Å². The molecule has 76 valence electrons. The van der Waals surface area contributed by atoms with Crippen molar-refractivity contribution in [3.8, 4) is 0 Å². The van der Waals surface area contributed by atoms with Crippen LogP contribution in [0.25, 0.3) is 0 Å². The second-order valence-electron chi connectivity index (χ2n) is 2.88. The van der Waals surface area contributed by atoms with Crippen LogP contribution in [0.2, 0.25) is 0 Å². The molecule has 2 nitrogen and oxygen atoms in total. The number of carbonyl (C=O) groups excluding carboxylic acids is 1. The third-order valence-corrected chi connectivity index (χ3v) is 2.55. The molecule has 0 saturated heterocycles. The predicted octanol–water partition coefficient (Wildman–Crippen LogP) is 2.82. The minimum atomic E-state index is -0.440. The average molecular weight is 261 g/mol. The average Bonchev–Trinajstić information content (AvgIpc) is 2.17. The van der Waals surface area contributed by atoms with Crippen LogP contribution in [0.1, 0.15) is 21.5 Å². The molecule has 0 radical (unpaired) electrons. The monoisotopic (exact) mass is 260 g/mol. The lowest BCUT2D eigenvalue weighted by atomic mass is 10.1. The van der Waals surface area contributed by atoms with E-state index in [4.69, 9.17) is 0 Å². The number of benzene rings is 1. The van der Waals surface area contributed by atoms with Crippen molar-refractivity contribution in [2.24, 2.45) is 0 Å². The molecule has 0 aliphatic rings. The minimum Gasteiger partial charge on any atom is -0.465 e. The van der Waals surface area contributed by atoms with Crippen LogP contribution in [0.4, 0.5) is 4.39 Å². The van der Waals surface area contributed by atoms with Gasteiger partial charge in [0.25, 0.3) is 0 Å². The van der Waals surface area contributed by atoms with Gasteiger partial charge < -0.3 is 4.74 Å². The van der Waals surface area contributed by atoms with E-state index in [2.05, 4.69) is 20.7 Å². The number of alkyl halides is 1. The first-order valence-electron chi connectivity index (χ1n) is 4.03. The highest BCUT2D eigenvalue weighted by Crippen LogP contribution is 2.18. The second-order valence-corrected chi connectivity index (χ2v) is 3.44. The Balaban J connectivity index is 3.24. The Morgan fingerprint density at radius 2 is 2.21 bits per heavy atom. The highest BCUT2D eigenvalue weighted by atomic mass is 79.9. The lowest BCUT2D eigenvalue weighted by Crippen LogP contribution is -2.05. The minimum absolute atomic E-state index is 0.313. The Kier molecular flexibility index (Phi) is 3.63. The summed E-state index contributed by atoms with van der Waals surface area (Å²) in [6, 6.07) is 2.84. The molecule has 0 aliphatic heterocycles. The number of aryl methyl sites for hydroxylation is 1. The van der Waals surface area contributed by atoms with Crippen molar-refractivity contribution in [2.45, 2.75) is 12.3 Å². The lowest BCUT2D eigenvalue weighted by molar-refractivity contribution is 0.0599. The summed E-state index contributed by atoms with van der Waals surface area (Å²) in [6.07, 6.45) is 0. The van der Waals surface area contributed by atoms with Crippen molar-refractivity contribution >= 4 is 21.9 Å². The molecule has 4 heteroatoms. The van der Waals surface area contributed by atoms with Gasteiger partial charge in [-0.15, -0.1) is 0 Å². The van der Waals surface area contributed by atoms with Gasteiger partial charge in [0.1, 0.15) is 5.82 Å². The number of ether oxygens (including phenoxy) is 1. The van der Waals surface area contributed by atoms with E-state index in [0.717, 1.165) is 0 Å². The predicted molar refractivity (Wildman–Crippen MR) is 55.1 cm³/mol. The van der Waals surface area contributed by atoms with Crippen LogP contribution >= 0.6 is 15.9 Å². The van der Waals surface area contributed by atoms with E-state index >= 15 is 0 Å². The number of methoxy groups -OCH3 is 1. The summed E-state index contributed by atoms with van der Waals surface area (Å²) in [4.78, 5) is 11.3. The molecule has 1 aromatic carbocycles. The maximum absolute atomic E-state index is 13.2. The molecular weight excluding hydrogens is 251 g/mol. The van der Waals surface area contributed by atoms with Crippen molar-refractivity contribution < 1.29 is 13.9 Å². The molecule has 0 aromatic heterocycles. The van der Waals surface area contributed by atoms with Gasteiger partial charge >= 0.3 is 5.97 Å². The van der Waals surface area contributed by atoms with E-state index < -0.39 is 5.97 Å². The van der Waals surface area contributed by atoms with Crippen molar-refractivity contribution in [1.82, 2.24) is 0 Å². The molecule has 0 amide bonds. The van der Waals surface area contributed by atoms with Gasteiger partial charge in [0.15, 0.2) is 0 Å². The third-order valence-electron chi connectivity index (χ3n) is 1.94. The van der Waals surface area contributed by atoms with Crippen LogP contribution in [-0.4, -0.2) is 13.1 Å². The quantitative estimate of drug-likeness (QED) is 0.604. The van der Waals surface area contributed by atoms with Gasteiger partial charge in [0.05, 0.1) is 12.7 Å². The van der Waals surface area contributed by atoms with Crippen molar-refractivity contribution in [2.75, 3.05) is 7.11 Å². The first kappa shape index (κ1) is 11.2. The lowest BCUT2D eigenvalue weighted by Gasteiger charge is -2.06. The molecule has 0 fully saturated rings. The van der Waals surface area contributed by atoms with Crippen LogP contribution in [0, 0.1) is 12.7 Å². The zero-order valence-electron chi connectivity index (χ0n) is 7.93. The van der Waals surface area contributed by atoms with E-state index in [1.807, 2.05) is 0 Å². The molecule has 0 spiro atoms. The molecule has 0 bridgehead atoms.